The molecular weight excluding hydrogens is 413 g/mol. The first kappa shape index (κ1) is 15.2. The molecule has 0 unspecified atom stereocenters. The lowest BCUT2D eigenvalue weighted by Gasteiger charge is -2.08. The van der Waals surface area contributed by atoms with E-state index in [1.807, 2.05) is 17.8 Å². The molecule has 5 nitrogen and oxygen atoms in total. The summed E-state index contributed by atoms with van der Waals surface area (Å²) in [7, 11) is 1.98. The molecule has 0 amide bonds. The largest absolute Gasteiger partial charge is 0.365 e. The van der Waals surface area contributed by atoms with Crippen molar-refractivity contribution in [1.82, 2.24) is 19.5 Å². The van der Waals surface area contributed by atoms with Crippen LogP contribution < -0.4 is 5.32 Å². The Hall–Kier alpha value is -1.67. The van der Waals surface area contributed by atoms with Crippen molar-refractivity contribution < 1.29 is 0 Å². The average Bonchev–Trinajstić information content (AvgIpc) is 2.95. The van der Waals surface area contributed by atoms with Crippen LogP contribution in [0.5, 0.6) is 0 Å². The van der Waals surface area contributed by atoms with E-state index in [-0.39, 0.29) is 5.28 Å². The first-order valence-electron chi connectivity index (χ1n) is 6.62. The molecule has 0 aliphatic rings. The van der Waals surface area contributed by atoms with Gasteiger partial charge < -0.3 is 9.88 Å². The molecule has 0 saturated carbocycles. The fraction of sp³-hybridized carbons (Fsp3) is 0.133. The topological polar surface area (TPSA) is 55.6 Å². The summed E-state index contributed by atoms with van der Waals surface area (Å²) < 4.78 is 2.94. The summed E-state index contributed by atoms with van der Waals surface area (Å²) in [4.78, 5) is 12.5. The molecule has 3 rings (SSSR count). The van der Waals surface area contributed by atoms with Crippen LogP contribution in [-0.4, -0.2) is 19.5 Å². The summed E-state index contributed by atoms with van der Waals surface area (Å²) in [5.41, 5.74) is 2.25. The van der Waals surface area contributed by atoms with Gasteiger partial charge >= 0.3 is 0 Å². The molecule has 0 aliphatic heterocycles. The SMILES string of the molecule is Cn1ccnc1-c1ccc(CNc2nc(Cl)ncc2I)cc1. The number of benzene rings is 1. The maximum absolute atomic E-state index is 5.82. The van der Waals surface area contributed by atoms with Crippen LogP contribution in [0.25, 0.3) is 11.4 Å². The van der Waals surface area contributed by atoms with Gasteiger partial charge in [-0.2, -0.15) is 4.98 Å². The highest BCUT2D eigenvalue weighted by Gasteiger charge is 2.05. The summed E-state index contributed by atoms with van der Waals surface area (Å²) in [6, 6.07) is 8.29. The third-order valence-corrected chi connectivity index (χ3v) is 4.18. The van der Waals surface area contributed by atoms with Gasteiger partial charge in [0.2, 0.25) is 5.28 Å². The van der Waals surface area contributed by atoms with Gasteiger partial charge in [0.15, 0.2) is 0 Å². The normalized spacial score (nSPS) is 10.7. The predicted molar refractivity (Wildman–Crippen MR) is 95.7 cm³/mol. The lowest BCUT2D eigenvalue weighted by atomic mass is 10.1. The molecular formula is C15H13ClIN5. The molecule has 22 heavy (non-hydrogen) atoms. The third-order valence-electron chi connectivity index (χ3n) is 3.21. The van der Waals surface area contributed by atoms with Crippen LogP contribution in [0.2, 0.25) is 5.28 Å². The maximum Gasteiger partial charge on any atom is 0.224 e. The van der Waals surface area contributed by atoms with Crippen LogP contribution in [0.15, 0.2) is 42.9 Å². The maximum atomic E-state index is 5.82. The molecule has 2 aromatic heterocycles. The van der Waals surface area contributed by atoms with Gasteiger partial charge in [-0.3, -0.25) is 0 Å². The van der Waals surface area contributed by atoms with Gasteiger partial charge in [-0.05, 0) is 39.8 Å². The molecule has 2 heterocycles. The molecule has 0 bridgehead atoms. The molecule has 0 saturated heterocycles. The number of aryl methyl sites for hydroxylation is 1. The van der Waals surface area contributed by atoms with Gasteiger partial charge in [-0.1, -0.05) is 24.3 Å². The second kappa shape index (κ2) is 6.62. The number of nitrogens with one attached hydrogen (secondary N) is 1. The van der Waals surface area contributed by atoms with Gasteiger partial charge in [-0.25, -0.2) is 9.97 Å². The van der Waals surface area contributed by atoms with E-state index in [9.17, 15) is 0 Å². The van der Waals surface area contributed by atoms with Crippen LogP contribution in [0, 0.1) is 3.57 Å². The first-order chi connectivity index (χ1) is 10.6. The summed E-state index contributed by atoms with van der Waals surface area (Å²) in [6.07, 6.45) is 5.43. The molecule has 0 spiro atoms. The molecule has 0 fully saturated rings. The van der Waals surface area contributed by atoms with Crippen molar-refractivity contribution in [1.29, 1.82) is 0 Å². The zero-order chi connectivity index (χ0) is 15.5. The first-order valence-corrected chi connectivity index (χ1v) is 8.08. The highest BCUT2D eigenvalue weighted by Crippen LogP contribution is 2.19. The third kappa shape index (κ3) is 3.38. The minimum Gasteiger partial charge on any atom is -0.365 e. The highest BCUT2D eigenvalue weighted by molar-refractivity contribution is 14.1. The zero-order valence-corrected chi connectivity index (χ0v) is 14.7. The summed E-state index contributed by atoms with van der Waals surface area (Å²) in [5, 5.41) is 3.52. The molecule has 3 aromatic rings. The number of nitrogens with zero attached hydrogens (tertiary/aromatic N) is 4. The number of hydrogen-bond acceptors (Lipinski definition) is 4. The van der Waals surface area contributed by atoms with Crippen molar-refractivity contribution in [3.8, 4) is 11.4 Å². The zero-order valence-electron chi connectivity index (χ0n) is 11.8. The molecule has 112 valence electrons. The number of hydrogen-bond donors (Lipinski definition) is 1. The Kier molecular flexibility index (Phi) is 4.58. The molecule has 7 heteroatoms. The van der Waals surface area contributed by atoms with Crippen LogP contribution in [0.1, 0.15) is 5.56 Å². The Bertz CT molecular complexity index is 785. The van der Waals surface area contributed by atoms with Gasteiger partial charge in [-0.15, -0.1) is 0 Å². The van der Waals surface area contributed by atoms with Gasteiger partial charge in [0.05, 0.1) is 3.57 Å². The lowest BCUT2D eigenvalue weighted by Crippen LogP contribution is -2.04. The molecule has 0 radical (unpaired) electrons. The lowest BCUT2D eigenvalue weighted by molar-refractivity contribution is 0.924. The van der Waals surface area contributed by atoms with Crippen LogP contribution in [0.4, 0.5) is 5.82 Å². The van der Waals surface area contributed by atoms with E-state index >= 15 is 0 Å². The molecule has 1 N–H and O–H groups in total. The van der Waals surface area contributed by atoms with Gasteiger partial charge in [0.25, 0.3) is 0 Å². The van der Waals surface area contributed by atoms with E-state index in [2.05, 4.69) is 67.1 Å². The predicted octanol–water partition coefficient (Wildman–Crippen LogP) is 3.75. The number of rotatable bonds is 4. The smallest absolute Gasteiger partial charge is 0.224 e. The van der Waals surface area contributed by atoms with Crippen molar-refractivity contribution in [2.24, 2.45) is 7.05 Å². The van der Waals surface area contributed by atoms with Gasteiger partial charge in [0, 0.05) is 37.7 Å². The Balaban J connectivity index is 1.71. The second-order valence-electron chi connectivity index (χ2n) is 4.75. The average molecular weight is 426 g/mol. The van der Waals surface area contributed by atoms with Crippen molar-refractivity contribution in [2.45, 2.75) is 6.54 Å². The van der Waals surface area contributed by atoms with Crippen LogP contribution in [-0.2, 0) is 13.6 Å². The fourth-order valence-electron chi connectivity index (χ4n) is 2.07. The van der Waals surface area contributed by atoms with E-state index in [1.54, 1.807) is 12.4 Å². The van der Waals surface area contributed by atoms with Crippen LogP contribution in [0.3, 0.4) is 0 Å². The van der Waals surface area contributed by atoms with E-state index in [1.165, 1.54) is 0 Å². The Labute approximate surface area is 146 Å². The second-order valence-corrected chi connectivity index (χ2v) is 6.25. The van der Waals surface area contributed by atoms with E-state index in [0.29, 0.717) is 6.54 Å². The van der Waals surface area contributed by atoms with Crippen molar-refractivity contribution in [2.75, 3.05) is 5.32 Å². The number of aromatic nitrogens is 4. The number of imidazole rings is 1. The van der Waals surface area contributed by atoms with Gasteiger partial charge in [0.1, 0.15) is 11.6 Å². The van der Waals surface area contributed by atoms with Crippen molar-refractivity contribution in [3.05, 3.63) is 57.3 Å². The van der Waals surface area contributed by atoms with Crippen LogP contribution >= 0.6 is 34.2 Å². The van der Waals surface area contributed by atoms with Crippen molar-refractivity contribution >= 4 is 40.0 Å². The fourth-order valence-corrected chi connectivity index (χ4v) is 2.65. The number of anilines is 1. The minimum atomic E-state index is 0.244. The Morgan fingerprint density at radius 1 is 1.23 bits per heavy atom. The summed E-state index contributed by atoms with van der Waals surface area (Å²) in [6.45, 7) is 0.671. The minimum absolute atomic E-state index is 0.244. The Morgan fingerprint density at radius 3 is 2.68 bits per heavy atom. The van der Waals surface area contributed by atoms with E-state index < -0.39 is 0 Å². The van der Waals surface area contributed by atoms with Crippen molar-refractivity contribution in [3.63, 3.8) is 0 Å². The van der Waals surface area contributed by atoms with E-state index in [4.69, 9.17) is 11.6 Å². The Morgan fingerprint density at radius 2 is 2.00 bits per heavy atom. The summed E-state index contributed by atoms with van der Waals surface area (Å²) in [5.74, 6) is 1.70. The molecule has 0 atom stereocenters. The molecule has 1 aromatic carbocycles. The molecule has 0 aliphatic carbocycles. The quantitative estimate of drug-likeness (QED) is 0.511. The van der Waals surface area contributed by atoms with E-state index in [0.717, 1.165) is 26.3 Å². The highest BCUT2D eigenvalue weighted by atomic mass is 127. The summed E-state index contributed by atoms with van der Waals surface area (Å²) >= 11 is 7.99. The monoisotopic (exact) mass is 425 g/mol. The number of halogens is 2. The standard InChI is InChI=1S/C15H13ClIN5/c1-22-7-6-18-14(22)11-4-2-10(3-5-11)8-19-13-12(17)9-20-15(16)21-13/h2-7,9H,8H2,1H3,(H,19,20,21).